The van der Waals surface area contributed by atoms with Crippen LogP contribution < -0.4 is 0 Å². The molecule has 0 radical (unpaired) electrons. The Hall–Kier alpha value is 0.710. The van der Waals surface area contributed by atoms with Gasteiger partial charge in [0, 0.05) is 10.6 Å². The Morgan fingerprint density at radius 2 is 2.13 bits per heavy atom. The Labute approximate surface area is 124 Å². The van der Waals surface area contributed by atoms with Crippen LogP contribution >= 0.6 is 35.2 Å². The summed E-state index contributed by atoms with van der Waals surface area (Å²) < 4.78 is 1.73. The van der Waals surface area contributed by atoms with Gasteiger partial charge in [-0.25, -0.2) is 0 Å². The molecule has 1 aromatic heterocycles. The maximum atomic E-state index is 9.09. The van der Waals surface area contributed by atoms with Gasteiger partial charge < -0.3 is 10.1 Å². The number of H-pyrrole nitrogens is 1. The van der Waals surface area contributed by atoms with E-state index in [0.29, 0.717) is 14.5 Å². The Morgan fingerprint density at radius 1 is 1.47 bits per heavy atom. The molecule has 0 saturated heterocycles. The van der Waals surface area contributed by atoms with Gasteiger partial charge in [0.1, 0.15) is 0 Å². The normalized spacial score (nSPS) is 9.47. The molecule has 0 spiro atoms. The van der Waals surface area contributed by atoms with Crippen LogP contribution in [-0.4, -0.2) is 46.3 Å². The van der Waals surface area contributed by atoms with Crippen molar-refractivity contribution in [2.24, 2.45) is 0 Å². The van der Waals surface area contributed by atoms with Crippen molar-refractivity contribution in [1.29, 1.82) is 0 Å². The van der Waals surface area contributed by atoms with E-state index in [1.54, 1.807) is 6.07 Å². The third kappa shape index (κ3) is 3.09. The average molecular weight is 270 g/mol. The van der Waals surface area contributed by atoms with Crippen molar-refractivity contribution in [1.82, 2.24) is 4.98 Å². The van der Waals surface area contributed by atoms with Crippen molar-refractivity contribution in [3.8, 4) is 0 Å². The molecule has 1 aromatic carbocycles. The van der Waals surface area contributed by atoms with Gasteiger partial charge in [-0.15, -0.1) is 11.3 Å². The molecule has 0 fully saturated rings. The molecule has 2 rings (SSSR count). The maximum absolute atomic E-state index is 9.09. The molecule has 0 aliphatic heterocycles. The van der Waals surface area contributed by atoms with E-state index in [1.165, 1.54) is 11.3 Å². The predicted molar refractivity (Wildman–Crippen MR) is 75.0 cm³/mol. The molecule has 0 saturated carbocycles. The Balaban J connectivity index is 0.000000980. The van der Waals surface area contributed by atoms with E-state index < -0.39 is 0 Å². The van der Waals surface area contributed by atoms with Gasteiger partial charge in [0.2, 0.25) is 0 Å². The second kappa shape index (κ2) is 6.45. The van der Waals surface area contributed by atoms with Crippen LogP contribution in [0.2, 0.25) is 5.02 Å². The molecule has 0 aliphatic carbocycles. The van der Waals surface area contributed by atoms with Crippen LogP contribution in [0.5, 0.6) is 0 Å². The van der Waals surface area contributed by atoms with Gasteiger partial charge in [-0.05, 0) is 24.4 Å². The third-order valence-corrected chi connectivity index (χ3v) is 3.36. The van der Waals surface area contributed by atoms with Gasteiger partial charge in [0.25, 0.3) is 0 Å². The van der Waals surface area contributed by atoms with E-state index >= 15 is 0 Å². The molecule has 0 atom stereocenters. The molecule has 2 N–H and O–H groups in total. The number of halogens is 1. The predicted octanol–water partition coefficient (Wildman–Crippen LogP) is 1.27. The van der Waals surface area contributed by atoms with Crippen molar-refractivity contribution >= 4 is 81.6 Å². The number of nitrogens with one attached hydrogen (secondary N) is 1. The number of benzene rings is 1. The van der Waals surface area contributed by atoms with E-state index in [9.17, 15) is 0 Å². The number of fused-ring (bicyclic) bond motifs is 1. The fraction of sp³-hybridized carbons (Fsp3) is 0.125. The van der Waals surface area contributed by atoms with Gasteiger partial charge in [0.05, 0.1) is 16.8 Å². The number of aromatic nitrogens is 1. The number of hydrogen-bond donors (Lipinski definition) is 2. The molecule has 2 aromatic rings. The zero-order valence-corrected chi connectivity index (χ0v) is 8.89. The molecule has 0 bridgehead atoms. The van der Waals surface area contributed by atoms with Gasteiger partial charge in [-0.1, -0.05) is 11.6 Å². The van der Waals surface area contributed by atoms with Crippen molar-refractivity contribution in [3.63, 3.8) is 0 Å². The molecule has 0 aliphatic rings. The minimum atomic E-state index is -0.0713. The molecule has 0 unspecified atom stereocenters. The first-order valence-electron chi connectivity index (χ1n) is 3.63. The number of aliphatic hydroxyl groups excluding tert-OH is 1. The quantitative estimate of drug-likeness (QED) is 0.604. The number of hydrogen-bond acceptors (Lipinski definition) is 3. The first-order chi connectivity index (χ1) is 6.22. The second-order valence-corrected chi connectivity index (χ2v) is 4.70. The van der Waals surface area contributed by atoms with Crippen molar-refractivity contribution < 1.29 is 5.11 Å². The zero-order chi connectivity index (χ0) is 9.42. The van der Waals surface area contributed by atoms with E-state index in [-0.39, 0.29) is 42.8 Å². The van der Waals surface area contributed by atoms with Crippen LogP contribution in [0.4, 0.5) is 0 Å². The number of aliphatic hydroxyl groups is 1. The van der Waals surface area contributed by atoms with Gasteiger partial charge in [0.15, 0.2) is 21.3 Å². The third-order valence-electron chi connectivity index (χ3n) is 1.81. The summed E-state index contributed by atoms with van der Waals surface area (Å²) in [5.74, 6) is 0. The van der Waals surface area contributed by atoms with E-state index in [0.717, 1.165) is 10.2 Å². The summed E-state index contributed by atoms with van der Waals surface area (Å²) in [5, 5.41) is 9.66. The summed E-state index contributed by atoms with van der Waals surface area (Å²) in [6.07, 6.45) is 0. The van der Waals surface area contributed by atoms with Crippen LogP contribution in [0.1, 0.15) is 5.56 Å². The summed E-state index contributed by atoms with van der Waals surface area (Å²) >= 11 is 12.4. The van der Waals surface area contributed by atoms with Crippen molar-refractivity contribution in [2.75, 3.05) is 0 Å². The molecule has 2 nitrogen and oxygen atoms in total. The summed E-state index contributed by atoms with van der Waals surface area (Å²) in [7, 11) is 0. The number of aromatic amines is 1. The molecule has 15 heavy (non-hydrogen) atoms. The second-order valence-electron chi connectivity index (χ2n) is 2.57. The van der Waals surface area contributed by atoms with Crippen LogP contribution in [0.25, 0.3) is 10.2 Å². The summed E-state index contributed by atoms with van der Waals surface area (Å²) in [5.41, 5.74) is 1.57. The summed E-state index contributed by atoms with van der Waals surface area (Å²) in [6.45, 7) is -0.0713. The molecule has 76 valence electrons. The van der Waals surface area contributed by atoms with Crippen molar-refractivity contribution in [3.05, 3.63) is 26.7 Å². The standard InChI is InChI=1S/C8H6ClNOS2.Al.Li.4H/c9-5-1-2-6-7(4(5)3-11)10-8(12)13-6;;;;;;/h1-2,11H,3H2,(H,10,12);;;;;;. The Morgan fingerprint density at radius 3 is 2.73 bits per heavy atom. The molecule has 7 heteroatoms. The Kier molecular flexibility index (Phi) is 6.75. The number of rotatable bonds is 1. The topological polar surface area (TPSA) is 36.0 Å². The SMILES string of the molecule is OCc1c(Cl)ccc2sc(=S)[nH]c12.[AlH3].[LiH]. The minimum absolute atomic E-state index is 0. The summed E-state index contributed by atoms with van der Waals surface area (Å²) in [6, 6.07) is 3.67. The fourth-order valence-corrected chi connectivity index (χ4v) is 2.56. The van der Waals surface area contributed by atoms with Crippen LogP contribution in [0.3, 0.4) is 0 Å². The van der Waals surface area contributed by atoms with Gasteiger partial charge in [-0.2, -0.15) is 0 Å². The average Bonchev–Trinajstić information content (AvgIpc) is 2.45. The monoisotopic (exact) mass is 269 g/mol. The molecular weight excluding hydrogens is 260 g/mol. The van der Waals surface area contributed by atoms with Crippen LogP contribution in [-0.2, 0) is 6.61 Å². The van der Waals surface area contributed by atoms with E-state index in [4.69, 9.17) is 28.9 Å². The summed E-state index contributed by atoms with van der Waals surface area (Å²) in [4.78, 5) is 3.01. The van der Waals surface area contributed by atoms with Crippen molar-refractivity contribution in [2.45, 2.75) is 6.61 Å². The zero-order valence-electron chi connectivity index (χ0n) is 6.50. The van der Waals surface area contributed by atoms with E-state index in [1.807, 2.05) is 6.07 Å². The first-order valence-corrected chi connectivity index (χ1v) is 5.23. The number of thiazole rings is 1. The first kappa shape index (κ1) is 15.7. The molecular formula is C8H10AlClLiNOS2. The van der Waals surface area contributed by atoms with Gasteiger partial charge >= 0.3 is 18.9 Å². The molecule has 0 amide bonds. The Bertz CT molecular complexity index is 513. The van der Waals surface area contributed by atoms with Crippen LogP contribution in [0, 0.1) is 3.95 Å². The molecule has 1 heterocycles. The van der Waals surface area contributed by atoms with E-state index in [2.05, 4.69) is 4.98 Å². The fourth-order valence-electron chi connectivity index (χ4n) is 1.21. The van der Waals surface area contributed by atoms with Gasteiger partial charge in [-0.3, -0.25) is 0 Å². The van der Waals surface area contributed by atoms with Crippen LogP contribution in [0.15, 0.2) is 12.1 Å².